The van der Waals surface area contributed by atoms with E-state index in [1.807, 2.05) is 0 Å². The van der Waals surface area contributed by atoms with Gasteiger partial charge in [-0.05, 0) is 49.8 Å². The van der Waals surface area contributed by atoms with Crippen LogP contribution in [0.3, 0.4) is 0 Å². The van der Waals surface area contributed by atoms with Crippen molar-refractivity contribution >= 4 is 54.9 Å². The van der Waals surface area contributed by atoms with Crippen molar-refractivity contribution in [1.29, 1.82) is 0 Å². The number of nitrogens with zero attached hydrogens (tertiary/aromatic N) is 2. The van der Waals surface area contributed by atoms with Crippen LogP contribution in [0.4, 0.5) is 0 Å². The van der Waals surface area contributed by atoms with Crippen LogP contribution in [-0.2, 0) is 14.8 Å². The predicted molar refractivity (Wildman–Crippen MR) is 119 cm³/mol. The number of aliphatic imine (C=N–C) groups is 1. The van der Waals surface area contributed by atoms with E-state index in [-0.39, 0.29) is 27.3 Å². The summed E-state index contributed by atoms with van der Waals surface area (Å²) in [7, 11) is -4.02. The van der Waals surface area contributed by atoms with Gasteiger partial charge in [0, 0.05) is 15.6 Å². The molecule has 0 heterocycles. The molecule has 2 aromatic carbocycles. The Balaban J connectivity index is 2.18. The lowest BCUT2D eigenvalue weighted by atomic mass is 9.97. The molecule has 0 N–H and O–H groups in total. The SMILES string of the molecule is CC1=CC(=N/C(=N/S(=O)(=O)c2ccc(Br)cc2)c2ccccc2)C(Cl)=C(C)C1=O. The van der Waals surface area contributed by atoms with E-state index in [1.54, 1.807) is 56.3 Å². The van der Waals surface area contributed by atoms with Gasteiger partial charge in [-0.2, -0.15) is 8.42 Å². The minimum Gasteiger partial charge on any atom is -0.289 e. The summed E-state index contributed by atoms with van der Waals surface area (Å²) in [6, 6.07) is 14.9. The van der Waals surface area contributed by atoms with Gasteiger partial charge >= 0.3 is 0 Å². The normalized spacial score (nSPS) is 17.0. The first-order chi connectivity index (χ1) is 13.7. The lowest BCUT2D eigenvalue weighted by Gasteiger charge is -2.13. The number of hydrogen-bond donors (Lipinski definition) is 0. The van der Waals surface area contributed by atoms with Gasteiger partial charge in [0.1, 0.15) is 0 Å². The van der Waals surface area contributed by atoms with Crippen molar-refractivity contribution in [2.24, 2.45) is 9.39 Å². The van der Waals surface area contributed by atoms with Crippen molar-refractivity contribution in [2.75, 3.05) is 0 Å². The maximum Gasteiger partial charge on any atom is 0.284 e. The lowest BCUT2D eigenvalue weighted by molar-refractivity contribution is -0.112. The molecule has 0 aromatic heterocycles. The minimum absolute atomic E-state index is 0.0205. The van der Waals surface area contributed by atoms with Crippen molar-refractivity contribution in [3.8, 4) is 0 Å². The molecule has 1 aliphatic rings. The first-order valence-corrected chi connectivity index (χ1v) is 11.1. The molecule has 0 unspecified atom stereocenters. The molecule has 0 amide bonds. The number of carbonyl (C=O) groups excluding carboxylic acids is 1. The van der Waals surface area contributed by atoms with Gasteiger partial charge in [0.15, 0.2) is 11.6 Å². The van der Waals surface area contributed by atoms with Crippen molar-refractivity contribution in [2.45, 2.75) is 18.7 Å². The molecule has 3 rings (SSSR count). The summed E-state index contributed by atoms with van der Waals surface area (Å²) < 4.78 is 30.4. The maximum absolute atomic E-state index is 12.8. The Morgan fingerprint density at radius 3 is 2.24 bits per heavy atom. The Kier molecular flexibility index (Phi) is 6.31. The fourth-order valence-corrected chi connectivity index (χ4v) is 4.02. The average molecular weight is 492 g/mol. The number of hydrogen-bond acceptors (Lipinski definition) is 3. The fraction of sp³-hybridized carbons (Fsp3) is 0.0952. The van der Waals surface area contributed by atoms with Crippen LogP contribution in [0.15, 0.2) is 95.6 Å². The Morgan fingerprint density at radius 2 is 1.62 bits per heavy atom. The van der Waals surface area contributed by atoms with Crippen molar-refractivity contribution < 1.29 is 13.2 Å². The summed E-state index contributed by atoms with van der Waals surface area (Å²) in [4.78, 5) is 16.5. The molecule has 0 radical (unpaired) electrons. The molecule has 8 heteroatoms. The molecule has 0 fully saturated rings. The van der Waals surface area contributed by atoms with Crippen LogP contribution in [0.2, 0.25) is 0 Å². The van der Waals surface area contributed by atoms with Crippen LogP contribution < -0.4 is 0 Å². The quantitative estimate of drug-likeness (QED) is 0.342. The molecule has 2 aromatic rings. The third-order valence-corrected chi connectivity index (χ3v) is 6.47. The Hall–Kier alpha value is -2.35. The van der Waals surface area contributed by atoms with Crippen LogP contribution in [0.1, 0.15) is 19.4 Å². The molecule has 148 valence electrons. The number of allylic oxidation sites excluding steroid dienone is 4. The molecular formula is C21H16BrClN2O3S. The lowest BCUT2D eigenvalue weighted by Crippen LogP contribution is -2.16. The van der Waals surface area contributed by atoms with Crippen LogP contribution in [0.25, 0.3) is 0 Å². The van der Waals surface area contributed by atoms with E-state index in [0.717, 1.165) is 4.47 Å². The highest BCUT2D eigenvalue weighted by atomic mass is 79.9. The number of benzene rings is 2. The van der Waals surface area contributed by atoms with E-state index in [9.17, 15) is 13.2 Å². The van der Waals surface area contributed by atoms with Gasteiger partial charge in [0.25, 0.3) is 10.0 Å². The zero-order chi connectivity index (χ0) is 21.2. The van der Waals surface area contributed by atoms with Crippen molar-refractivity contribution in [3.05, 3.63) is 86.9 Å². The van der Waals surface area contributed by atoms with E-state index in [0.29, 0.717) is 16.7 Å². The standard InChI is InChI=1S/C21H16BrClN2O3S/c1-13-12-18(19(23)14(2)20(13)26)24-21(15-6-4-3-5-7-15)25-29(27,28)17-10-8-16(22)9-11-17/h3-12H,1-2H3/b24-18?,25-21+. The zero-order valence-electron chi connectivity index (χ0n) is 15.6. The molecule has 0 aliphatic heterocycles. The zero-order valence-corrected chi connectivity index (χ0v) is 18.7. The molecule has 29 heavy (non-hydrogen) atoms. The van der Waals surface area contributed by atoms with Crippen LogP contribution >= 0.6 is 27.5 Å². The second kappa shape index (κ2) is 8.57. The number of amidine groups is 1. The number of rotatable bonds is 3. The molecule has 0 saturated heterocycles. The highest BCUT2D eigenvalue weighted by Gasteiger charge is 2.22. The summed E-state index contributed by atoms with van der Waals surface area (Å²) in [6.45, 7) is 3.26. The fourth-order valence-electron chi connectivity index (χ4n) is 2.61. The van der Waals surface area contributed by atoms with Crippen LogP contribution in [-0.4, -0.2) is 25.7 Å². The third-order valence-electron chi connectivity index (χ3n) is 4.18. The Bertz CT molecular complexity index is 1200. The van der Waals surface area contributed by atoms with E-state index < -0.39 is 10.0 Å². The number of carbonyl (C=O) groups is 1. The summed E-state index contributed by atoms with van der Waals surface area (Å²) >= 11 is 9.59. The van der Waals surface area contributed by atoms with E-state index >= 15 is 0 Å². The maximum atomic E-state index is 12.8. The number of ketones is 1. The van der Waals surface area contributed by atoms with Gasteiger partial charge in [-0.1, -0.05) is 57.9 Å². The van der Waals surface area contributed by atoms with Crippen molar-refractivity contribution in [3.63, 3.8) is 0 Å². The summed E-state index contributed by atoms with van der Waals surface area (Å²) in [5, 5.41) is 0.172. The highest BCUT2D eigenvalue weighted by Crippen LogP contribution is 2.24. The average Bonchev–Trinajstić information content (AvgIpc) is 2.70. The molecular weight excluding hydrogens is 476 g/mol. The second-order valence-electron chi connectivity index (χ2n) is 6.30. The largest absolute Gasteiger partial charge is 0.289 e. The Morgan fingerprint density at radius 1 is 1.00 bits per heavy atom. The number of halogens is 2. The van der Waals surface area contributed by atoms with Crippen LogP contribution in [0, 0.1) is 0 Å². The van der Waals surface area contributed by atoms with Crippen molar-refractivity contribution in [1.82, 2.24) is 0 Å². The van der Waals surface area contributed by atoms with Gasteiger partial charge < -0.3 is 0 Å². The van der Waals surface area contributed by atoms with Gasteiger partial charge in [-0.15, -0.1) is 4.40 Å². The molecule has 0 atom stereocenters. The first-order valence-electron chi connectivity index (χ1n) is 8.53. The van der Waals surface area contributed by atoms with Gasteiger partial charge in [0.05, 0.1) is 15.6 Å². The highest BCUT2D eigenvalue weighted by molar-refractivity contribution is 9.10. The topological polar surface area (TPSA) is 75.9 Å². The number of Topliss-reactive ketones (excluding diaryl/α,β-unsaturated/α-hetero) is 1. The van der Waals surface area contributed by atoms with Gasteiger partial charge in [-0.3, -0.25) is 4.79 Å². The molecule has 5 nitrogen and oxygen atoms in total. The second-order valence-corrected chi connectivity index (χ2v) is 9.20. The van der Waals surface area contributed by atoms with Gasteiger partial charge in [0.2, 0.25) is 0 Å². The number of sulfonamides is 1. The predicted octanol–water partition coefficient (Wildman–Crippen LogP) is 5.07. The molecule has 1 aliphatic carbocycles. The third kappa shape index (κ3) is 4.80. The van der Waals surface area contributed by atoms with E-state index in [2.05, 4.69) is 25.3 Å². The summed E-state index contributed by atoms with van der Waals surface area (Å²) in [6.07, 6.45) is 1.53. The summed E-state index contributed by atoms with van der Waals surface area (Å²) in [5.74, 6) is -0.192. The minimum atomic E-state index is -4.02. The van der Waals surface area contributed by atoms with E-state index in [4.69, 9.17) is 11.6 Å². The van der Waals surface area contributed by atoms with Gasteiger partial charge in [-0.25, -0.2) is 4.99 Å². The first kappa shape index (κ1) is 21.4. The molecule has 0 saturated carbocycles. The summed E-state index contributed by atoms with van der Waals surface area (Å²) in [5.41, 5.74) is 1.61. The van der Waals surface area contributed by atoms with Crippen LogP contribution in [0.5, 0.6) is 0 Å². The molecule has 0 spiro atoms. The molecule has 0 bridgehead atoms. The monoisotopic (exact) mass is 490 g/mol. The Labute approximate surface area is 182 Å². The van der Waals surface area contributed by atoms with E-state index in [1.165, 1.54) is 18.2 Å². The smallest absolute Gasteiger partial charge is 0.284 e.